The molecule has 0 saturated carbocycles. The van der Waals surface area contributed by atoms with Crippen LogP contribution in [0.1, 0.15) is 65.2 Å². The van der Waals surface area contributed by atoms with Crippen molar-refractivity contribution in [3.8, 4) is 0 Å². The molecule has 162 valence electrons. The number of amides is 2. The average molecular weight is 403 g/mol. The minimum absolute atomic E-state index is 0.188. The molecule has 2 rings (SSSR count). The van der Waals surface area contributed by atoms with Crippen LogP contribution < -0.4 is 16.0 Å². The highest BCUT2D eigenvalue weighted by molar-refractivity contribution is 6.01. The molecule has 1 unspecified atom stereocenters. The molecular weight excluding hydrogens is 364 g/mol. The normalized spacial score (nSPS) is 16.7. The summed E-state index contributed by atoms with van der Waals surface area (Å²) >= 11 is 0. The van der Waals surface area contributed by atoms with E-state index in [0.717, 1.165) is 31.0 Å². The zero-order valence-corrected chi connectivity index (χ0v) is 18.1. The first kappa shape index (κ1) is 23.2. The molecular formula is C23H38N4O2. The van der Waals surface area contributed by atoms with Gasteiger partial charge < -0.3 is 15.5 Å². The van der Waals surface area contributed by atoms with E-state index in [1.807, 2.05) is 24.3 Å². The molecule has 1 atom stereocenters. The molecule has 1 fully saturated rings. The smallest absolute Gasteiger partial charge is 0.249 e. The van der Waals surface area contributed by atoms with Gasteiger partial charge in [-0.3, -0.25) is 14.9 Å². The number of nitrogens with zero attached hydrogens (tertiary/aromatic N) is 1. The van der Waals surface area contributed by atoms with Gasteiger partial charge in [0.2, 0.25) is 11.8 Å². The Labute approximate surface area is 175 Å². The van der Waals surface area contributed by atoms with E-state index in [1.54, 1.807) is 0 Å². The molecule has 6 heteroatoms. The number of unbranched alkanes of at least 4 members (excludes halogenated alkanes) is 5. The predicted octanol–water partition coefficient (Wildman–Crippen LogP) is 4.00. The Kier molecular flexibility index (Phi) is 10.6. The number of hydrogen-bond acceptors (Lipinski definition) is 5. The van der Waals surface area contributed by atoms with Crippen molar-refractivity contribution >= 4 is 23.2 Å². The largest absolute Gasteiger partial charge is 0.385 e. The monoisotopic (exact) mass is 402 g/mol. The quantitative estimate of drug-likeness (QED) is 0.324. The fourth-order valence-corrected chi connectivity index (χ4v) is 3.69. The first-order valence-corrected chi connectivity index (χ1v) is 11.3. The van der Waals surface area contributed by atoms with Crippen LogP contribution in [0.2, 0.25) is 0 Å². The Hall–Kier alpha value is -2.08. The molecule has 0 spiro atoms. The van der Waals surface area contributed by atoms with Crippen molar-refractivity contribution < 1.29 is 9.59 Å². The van der Waals surface area contributed by atoms with Gasteiger partial charge in [0, 0.05) is 24.3 Å². The third-order valence-corrected chi connectivity index (χ3v) is 5.57. The van der Waals surface area contributed by atoms with Crippen LogP contribution >= 0.6 is 0 Å². The van der Waals surface area contributed by atoms with Crippen molar-refractivity contribution in [3.63, 3.8) is 0 Å². The van der Waals surface area contributed by atoms with Crippen LogP contribution in [0.25, 0.3) is 0 Å². The van der Waals surface area contributed by atoms with Gasteiger partial charge >= 0.3 is 0 Å². The van der Waals surface area contributed by atoms with E-state index in [-0.39, 0.29) is 17.9 Å². The van der Waals surface area contributed by atoms with Gasteiger partial charge in [0.05, 0.1) is 0 Å². The third kappa shape index (κ3) is 8.86. The number of nitrogens with one attached hydrogen (secondary N) is 3. The summed E-state index contributed by atoms with van der Waals surface area (Å²) in [6.07, 6.45) is 8.62. The van der Waals surface area contributed by atoms with Crippen LogP contribution in [0.5, 0.6) is 0 Å². The van der Waals surface area contributed by atoms with E-state index >= 15 is 0 Å². The fraction of sp³-hybridized carbons (Fsp3) is 0.652. The van der Waals surface area contributed by atoms with Gasteiger partial charge in [-0.2, -0.15) is 0 Å². The third-order valence-electron chi connectivity index (χ3n) is 5.57. The lowest BCUT2D eigenvalue weighted by molar-refractivity contribution is -0.133. The summed E-state index contributed by atoms with van der Waals surface area (Å²) in [5, 5.41) is 9.09. The van der Waals surface area contributed by atoms with Crippen molar-refractivity contribution in [1.29, 1.82) is 0 Å². The topological polar surface area (TPSA) is 73.5 Å². The highest BCUT2D eigenvalue weighted by atomic mass is 16.2. The molecule has 0 radical (unpaired) electrons. The second-order valence-electron chi connectivity index (χ2n) is 7.80. The van der Waals surface area contributed by atoms with Crippen molar-refractivity contribution in [1.82, 2.24) is 10.2 Å². The Morgan fingerprint density at radius 1 is 1.00 bits per heavy atom. The lowest BCUT2D eigenvalue weighted by Gasteiger charge is -2.23. The molecule has 3 N–H and O–H groups in total. The minimum Gasteiger partial charge on any atom is -0.385 e. The van der Waals surface area contributed by atoms with Crippen LogP contribution in [0, 0.1) is 0 Å². The zero-order valence-electron chi connectivity index (χ0n) is 18.1. The van der Waals surface area contributed by atoms with Crippen LogP contribution in [0.4, 0.5) is 11.4 Å². The SMILES string of the molecule is CCN(CC)CCCCCCCCNc1cccc(NC2CCC(=O)NC2=O)c1. The van der Waals surface area contributed by atoms with E-state index in [4.69, 9.17) is 0 Å². The highest BCUT2D eigenvalue weighted by Crippen LogP contribution is 2.18. The van der Waals surface area contributed by atoms with Gasteiger partial charge in [0.1, 0.15) is 6.04 Å². The van der Waals surface area contributed by atoms with Crippen LogP contribution in [-0.2, 0) is 9.59 Å². The van der Waals surface area contributed by atoms with Crippen molar-refractivity contribution in [3.05, 3.63) is 24.3 Å². The molecule has 2 amide bonds. The maximum atomic E-state index is 11.9. The Morgan fingerprint density at radius 2 is 1.69 bits per heavy atom. The average Bonchev–Trinajstić information content (AvgIpc) is 2.72. The number of piperidine rings is 1. The molecule has 0 aromatic heterocycles. The Morgan fingerprint density at radius 3 is 2.41 bits per heavy atom. The molecule has 0 bridgehead atoms. The van der Waals surface area contributed by atoms with Crippen LogP contribution in [-0.4, -0.2) is 48.9 Å². The van der Waals surface area contributed by atoms with E-state index in [1.165, 1.54) is 45.1 Å². The van der Waals surface area contributed by atoms with Crippen molar-refractivity contribution in [2.75, 3.05) is 36.8 Å². The van der Waals surface area contributed by atoms with E-state index in [0.29, 0.717) is 12.8 Å². The van der Waals surface area contributed by atoms with Crippen LogP contribution in [0.3, 0.4) is 0 Å². The van der Waals surface area contributed by atoms with Gasteiger partial charge in [0.25, 0.3) is 0 Å². The molecule has 29 heavy (non-hydrogen) atoms. The van der Waals surface area contributed by atoms with E-state index in [2.05, 4.69) is 34.7 Å². The number of benzene rings is 1. The molecule has 1 saturated heterocycles. The minimum atomic E-state index is -0.343. The number of carbonyl (C=O) groups excluding carboxylic acids is 2. The molecule has 0 aliphatic carbocycles. The van der Waals surface area contributed by atoms with Gasteiger partial charge in [0.15, 0.2) is 0 Å². The maximum Gasteiger partial charge on any atom is 0.249 e. The van der Waals surface area contributed by atoms with E-state index in [9.17, 15) is 9.59 Å². The molecule has 1 aromatic carbocycles. The predicted molar refractivity (Wildman–Crippen MR) is 120 cm³/mol. The van der Waals surface area contributed by atoms with Gasteiger partial charge in [-0.05, 0) is 57.1 Å². The van der Waals surface area contributed by atoms with Gasteiger partial charge in [-0.1, -0.05) is 45.6 Å². The summed E-state index contributed by atoms with van der Waals surface area (Å²) in [6, 6.07) is 7.66. The molecule has 6 nitrogen and oxygen atoms in total. The number of rotatable bonds is 14. The molecule has 1 aromatic rings. The first-order chi connectivity index (χ1) is 14.1. The number of hydrogen-bond donors (Lipinski definition) is 3. The van der Waals surface area contributed by atoms with Crippen LogP contribution in [0.15, 0.2) is 24.3 Å². The summed E-state index contributed by atoms with van der Waals surface area (Å²) in [5.41, 5.74) is 1.96. The van der Waals surface area contributed by atoms with Gasteiger partial charge in [-0.25, -0.2) is 0 Å². The summed E-state index contributed by atoms with van der Waals surface area (Å²) < 4.78 is 0. The molecule has 1 heterocycles. The van der Waals surface area contributed by atoms with Crippen molar-refractivity contribution in [2.45, 2.75) is 71.3 Å². The summed E-state index contributed by atoms with van der Waals surface area (Å²) in [6.45, 7) is 8.98. The maximum absolute atomic E-state index is 11.9. The van der Waals surface area contributed by atoms with Crippen molar-refractivity contribution in [2.24, 2.45) is 0 Å². The number of imide groups is 1. The summed E-state index contributed by atoms with van der Waals surface area (Å²) in [5.74, 6) is -0.427. The highest BCUT2D eigenvalue weighted by Gasteiger charge is 2.26. The number of anilines is 2. The van der Waals surface area contributed by atoms with Gasteiger partial charge in [-0.15, -0.1) is 0 Å². The second kappa shape index (κ2) is 13.2. The zero-order chi connectivity index (χ0) is 20.9. The fourth-order valence-electron chi connectivity index (χ4n) is 3.69. The standard InChI is InChI=1S/C23H38N4O2/c1-3-27(4-2)17-10-8-6-5-7-9-16-24-19-12-11-13-20(18-19)25-21-14-15-22(28)26-23(21)29/h11-13,18,21,24-25H,3-10,14-17H2,1-2H3,(H,26,28,29). The Balaban J connectivity index is 1.57. The summed E-state index contributed by atoms with van der Waals surface area (Å²) in [7, 11) is 0. The summed E-state index contributed by atoms with van der Waals surface area (Å²) in [4.78, 5) is 25.6. The molecule has 1 aliphatic rings. The lowest BCUT2D eigenvalue weighted by Crippen LogP contribution is -2.47. The second-order valence-corrected chi connectivity index (χ2v) is 7.80. The lowest BCUT2D eigenvalue weighted by atomic mass is 10.1. The Bertz CT molecular complexity index is 631. The first-order valence-electron chi connectivity index (χ1n) is 11.3. The number of carbonyl (C=O) groups is 2. The molecule has 1 aliphatic heterocycles. The van der Waals surface area contributed by atoms with E-state index < -0.39 is 0 Å².